The van der Waals surface area contributed by atoms with Gasteiger partial charge in [0.1, 0.15) is 5.82 Å². The number of benzene rings is 2. The monoisotopic (exact) mass is 266 g/mol. The van der Waals surface area contributed by atoms with Gasteiger partial charge in [-0.15, -0.1) is 0 Å². The Morgan fingerprint density at radius 2 is 1.74 bits per heavy atom. The Balaban J connectivity index is 2.60. The van der Waals surface area contributed by atoms with E-state index in [-0.39, 0.29) is 11.1 Å². The SMILES string of the molecule is O=C(O)Cc1cc(F)c(F)cc1-c1cccc(F)c1. The van der Waals surface area contributed by atoms with Crippen molar-refractivity contribution in [3.05, 3.63) is 59.4 Å². The Hall–Kier alpha value is -2.30. The van der Waals surface area contributed by atoms with E-state index in [1.165, 1.54) is 18.2 Å². The van der Waals surface area contributed by atoms with Crippen molar-refractivity contribution in [1.82, 2.24) is 0 Å². The van der Waals surface area contributed by atoms with Gasteiger partial charge in [-0.05, 0) is 41.0 Å². The molecule has 0 amide bonds. The summed E-state index contributed by atoms with van der Waals surface area (Å²) in [4.78, 5) is 10.7. The number of carbonyl (C=O) groups is 1. The van der Waals surface area contributed by atoms with Gasteiger partial charge in [-0.1, -0.05) is 12.1 Å². The highest BCUT2D eigenvalue weighted by Crippen LogP contribution is 2.27. The number of halogens is 3. The van der Waals surface area contributed by atoms with Crippen LogP contribution in [-0.4, -0.2) is 11.1 Å². The molecule has 2 aromatic carbocycles. The molecule has 0 radical (unpaired) electrons. The van der Waals surface area contributed by atoms with Crippen molar-refractivity contribution in [2.24, 2.45) is 0 Å². The molecule has 0 heterocycles. The van der Waals surface area contributed by atoms with Crippen LogP contribution in [0.3, 0.4) is 0 Å². The van der Waals surface area contributed by atoms with Gasteiger partial charge in [0, 0.05) is 0 Å². The molecule has 0 fully saturated rings. The smallest absolute Gasteiger partial charge is 0.307 e. The molecule has 19 heavy (non-hydrogen) atoms. The summed E-state index contributed by atoms with van der Waals surface area (Å²) in [7, 11) is 0. The van der Waals surface area contributed by atoms with E-state index < -0.39 is 29.8 Å². The second-order valence-corrected chi connectivity index (χ2v) is 4.00. The Morgan fingerprint density at radius 3 is 2.37 bits per heavy atom. The molecule has 0 aromatic heterocycles. The van der Waals surface area contributed by atoms with Gasteiger partial charge in [-0.25, -0.2) is 13.2 Å². The first-order valence-corrected chi connectivity index (χ1v) is 5.43. The summed E-state index contributed by atoms with van der Waals surface area (Å²) in [6.07, 6.45) is -0.469. The van der Waals surface area contributed by atoms with Crippen molar-refractivity contribution in [2.45, 2.75) is 6.42 Å². The van der Waals surface area contributed by atoms with Crippen molar-refractivity contribution in [3.8, 4) is 11.1 Å². The van der Waals surface area contributed by atoms with Crippen molar-refractivity contribution >= 4 is 5.97 Å². The maximum atomic E-state index is 13.3. The van der Waals surface area contributed by atoms with Crippen LogP contribution in [0.4, 0.5) is 13.2 Å². The quantitative estimate of drug-likeness (QED) is 0.924. The van der Waals surface area contributed by atoms with Crippen molar-refractivity contribution in [3.63, 3.8) is 0 Å². The zero-order valence-electron chi connectivity index (χ0n) is 9.66. The molecule has 1 N–H and O–H groups in total. The maximum absolute atomic E-state index is 13.3. The van der Waals surface area contributed by atoms with Crippen molar-refractivity contribution in [2.75, 3.05) is 0 Å². The van der Waals surface area contributed by atoms with Crippen LogP contribution in [0, 0.1) is 17.5 Å². The summed E-state index contributed by atoms with van der Waals surface area (Å²) in [6, 6.07) is 6.96. The van der Waals surface area contributed by atoms with Crippen LogP contribution in [0.2, 0.25) is 0 Å². The molecule has 98 valence electrons. The number of carboxylic acids is 1. The van der Waals surface area contributed by atoms with Gasteiger partial charge in [-0.3, -0.25) is 4.79 Å². The number of hydrogen-bond donors (Lipinski definition) is 1. The average molecular weight is 266 g/mol. The van der Waals surface area contributed by atoms with Crippen molar-refractivity contribution < 1.29 is 23.1 Å². The predicted octanol–water partition coefficient (Wildman–Crippen LogP) is 3.40. The fraction of sp³-hybridized carbons (Fsp3) is 0.0714. The van der Waals surface area contributed by atoms with Gasteiger partial charge in [0.05, 0.1) is 6.42 Å². The minimum Gasteiger partial charge on any atom is -0.481 e. The summed E-state index contributed by atoms with van der Waals surface area (Å²) < 4.78 is 39.6. The van der Waals surface area contributed by atoms with Crippen LogP contribution >= 0.6 is 0 Å². The van der Waals surface area contributed by atoms with Gasteiger partial charge >= 0.3 is 5.97 Å². The van der Waals surface area contributed by atoms with E-state index in [2.05, 4.69) is 0 Å². The van der Waals surface area contributed by atoms with E-state index in [9.17, 15) is 18.0 Å². The van der Waals surface area contributed by atoms with E-state index in [0.29, 0.717) is 5.56 Å². The zero-order chi connectivity index (χ0) is 14.0. The lowest BCUT2D eigenvalue weighted by Gasteiger charge is -2.09. The molecule has 0 unspecified atom stereocenters. The second-order valence-electron chi connectivity index (χ2n) is 4.00. The van der Waals surface area contributed by atoms with Crippen LogP contribution in [0.1, 0.15) is 5.56 Å². The summed E-state index contributed by atoms with van der Waals surface area (Å²) >= 11 is 0. The molecule has 0 bridgehead atoms. The highest BCUT2D eigenvalue weighted by Gasteiger charge is 2.14. The average Bonchev–Trinajstić information content (AvgIpc) is 2.33. The molecule has 2 nitrogen and oxygen atoms in total. The van der Waals surface area contributed by atoms with E-state index in [1.807, 2.05) is 0 Å². The highest BCUT2D eigenvalue weighted by molar-refractivity contribution is 5.76. The van der Waals surface area contributed by atoms with Gasteiger partial charge in [-0.2, -0.15) is 0 Å². The van der Waals surface area contributed by atoms with Gasteiger partial charge < -0.3 is 5.11 Å². The molecule has 0 saturated carbocycles. The molecule has 0 atom stereocenters. The van der Waals surface area contributed by atoms with Gasteiger partial charge in [0.15, 0.2) is 11.6 Å². The number of hydrogen-bond acceptors (Lipinski definition) is 1. The summed E-state index contributed by atoms with van der Waals surface area (Å²) in [5, 5.41) is 8.76. The van der Waals surface area contributed by atoms with Crippen molar-refractivity contribution in [1.29, 1.82) is 0 Å². The van der Waals surface area contributed by atoms with E-state index in [0.717, 1.165) is 18.2 Å². The standard InChI is InChI=1S/C14H9F3O2/c15-10-3-1-2-8(4-10)11-7-13(17)12(16)5-9(11)6-14(18)19/h1-5,7H,6H2,(H,18,19). The van der Waals surface area contributed by atoms with E-state index in [4.69, 9.17) is 5.11 Å². The first kappa shape index (κ1) is 13.1. The molecule has 0 aliphatic heterocycles. The first-order valence-electron chi connectivity index (χ1n) is 5.43. The molecular weight excluding hydrogens is 257 g/mol. The normalized spacial score (nSPS) is 10.5. The lowest BCUT2D eigenvalue weighted by atomic mass is 9.97. The van der Waals surface area contributed by atoms with Crippen LogP contribution in [-0.2, 0) is 11.2 Å². The molecular formula is C14H9F3O2. The fourth-order valence-corrected chi connectivity index (χ4v) is 1.82. The third-order valence-electron chi connectivity index (χ3n) is 2.62. The van der Waals surface area contributed by atoms with E-state index in [1.54, 1.807) is 0 Å². The second kappa shape index (κ2) is 5.14. The third kappa shape index (κ3) is 2.93. The third-order valence-corrected chi connectivity index (χ3v) is 2.62. The van der Waals surface area contributed by atoms with Crippen LogP contribution in [0.25, 0.3) is 11.1 Å². The minimum absolute atomic E-state index is 0.0944. The first-order chi connectivity index (χ1) is 8.97. The van der Waals surface area contributed by atoms with Gasteiger partial charge in [0.25, 0.3) is 0 Å². The lowest BCUT2D eigenvalue weighted by molar-refractivity contribution is -0.136. The summed E-state index contributed by atoms with van der Waals surface area (Å²) in [5.74, 6) is -3.95. The Kier molecular flexibility index (Phi) is 3.55. The molecule has 0 spiro atoms. The molecule has 2 rings (SSSR count). The number of rotatable bonds is 3. The summed E-state index contributed by atoms with van der Waals surface area (Å²) in [6.45, 7) is 0. The number of carboxylic acid groups (broad SMARTS) is 1. The zero-order valence-corrected chi connectivity index (χ0v) is 9.66. The van der Waals surface area contributed by atoms with Crippen LogP contribution < -0.4 is 0 Å². The van der Waals surface area contributed by atoms with E-state index >= 15 is 0 Å². The Morgan fingerprint density at radius 1 is 1.05 bits per heavy atom. The van der Waals surface area contributed by atoms with Crippen LogP contribution in [0.15, 0.2) is 36.4 Å². The maximum Gasteiger partial charge on any atom is 0.307 e. The molecule has 0 aliphatic rings. The lowest BCUT2D eigenvalue weighted by Crippen LogP contribution is -2.03. The fourth-order valence-electron chi connectivity index (χ4n) is 1.82. The molecule has 2 aromatic rings. The van der Waals surface area contributed by atoms with Gasteiger partial charge in [0.2, 0.25) is 0 Å². The predicted molar refractivity (Wildman–Crippen MR) is 63.1 cm³/mol. The largest absolute Gasteiger partial charge is 0.481 e. The highest BCUT2D eigenvalue weighted by atomic mass is 19.2. The summed E-state index contributed by atoms with van der Waals surface area (Å²) in [5.41, 5.74) is 0.563. The number of aliphatic carboxylic acids is 1. The molecule has 5 heteroatoms. The topological polar surface area (TPSA) is 37.3 Å². The minimum atomic E-state index is -1.18. The Bertz CT molecular complexity index is 639. The molecule has 0 aliphatic carbocycles. The molecule has 0 saturated heterocycles. The Labute approximate surface area is 107 Å². The van der Waals surface area contributed by atoms with Crippen LogP contribution in [0.5, 0.6) is 0 Å².